The highest BCUT2D eigenvalue weighted by atomic mass is 16.5. The van der Waals surface area contributed by atoms with E-state index in [0.29, 0.717) is 27.7 Å². The van der Waals surface area contributed by atoms with Crippen molar-refractivity contribution in [1.82, 2.24) is 19.4 Å². The lowest BCUT2D eigenvalue weighted by atomic mass is 9.78. The minimum absolute atomic E-state index is 0.140. The molecule has 2 aliphatic heterocycles. The maximum absolute atomic E-state index is 12.2. The molecule has 0 bridgehead atoms. The summed E-state index contributed by atoms with van der Waals surface area (Å²) < 4.78 is 7.20. The number of carbonyl (C=O) groups is 1. The van der Waals surface area contributed by atoms with Crippen molar-refractivity contribution in [2.45, 2.75) is 6.92 Å². The number of nitrogens with zero attached hydrogens (tertiary/aromatic N) is 3. The lowest BCUT2D eigenvalue weighted by molar-refractivity contribution is -0.127. The number of aromatic amines is 2. The van der Waals surface area contributed by atoms with Crippen LogP contribution in [0.1, 0.15) is 15.9 Å². The Bertz CT molecular complexity index is 1320. The molecule has 9 heteroatoms. The van der Waals surface area contributed by atoms with E-state index in [0.717, 1.165) is 55.1 Å². The van der Waals surface area contributed by atoms with Gasteiger partial charge >= 0.3 is 0 Å². The summed E-state index contributed by atoms with van der Waals surface area (Å²) in [5.74, 6) is 0.932. The number of aldehydes is 1. The number of anilines is 1. The van der Waals surface area contributed by atoms with Crippen LogP contribution in [0.4, 0.5) is 5.82 Å². The Kier molecular flexibility index (Phi) is 3.80. The van der Waals surface area contributed by atoms with Gasteiger partial charge in [0.15, 0.2) is 11.9 Å². The predicted molar refractivity (Wildman–Crippen MR) is 111 cm³/mol. The molecule has 0 unspecified atom stereocenters. The van der Waals surface area contributed by atoms with Gasteiger partial charge in [0.05, 0.1) is 35.2 Å². The zero-order valence-corrected chi connectivity index (χ0v) is 16.3. The lowest BCUT2D eigenvalue weighted by Crippen LogP contribution is -2.66. The molecule has 2 fully saturated rings. The lowest BCUT2D eigenvalue weighted by Gasteiger charge is -2.55. The molecular formula is C20H22N6O3. The van der Waals surface area contributed by atoms with Gasteiger partial charge in [0, 0.05) is 19.3 Å². The van der Waals surface area contributed by atoms with Crippen LogP contribution in [-0.4, -0.2) is 59.0 Å². The largest absolute Gasteiger partial charge is 0.380 e. The molecule has 4 aromatic rings. The Morgan fingerprint density at radius 3 is 2.69 bits per heavy atom. The van der Waals surface area contributed by atoms with Gasteiger partial charge < -0.3 is 25.3 Å². The highest BCUT2D eigenvalue weighted by Crippen LogP contribution is 2.40. The highest BCUT2D eigenvalue weighted by molar-refractivity contribution is 6.06. The van der Waals surface area contributed by atoms with Gasteiger partial charge in [-0.1, -0.05) is 6.07 Å². The first-order chi connectivity index (χ1) is 14.1. The van der Waals surface area contributed by atoms with Crippen LogP contribution in [0.15, 0.2) is 23.1 Å². The van der Waals surface area contributed by atoms with Crippen LogP contribution >= 0.6 is 0 Å². The molecule has 0 saturated carbocycles. The van der Waals surface area contributed by atoms with Crippen molar-refractivity contribution in [3.8, 4) is 0 Å². The number of nitrogens with one attached hydrogen (secondary N) is 2. The second kappa shape index (κ2) is 6.16. The topological polar surface area (TPSA) is 122 Å². The van der Waals surface area contributed by atoms with Crippen LogP contribution in [0, 0.1) is 12.3 Å². The molecule has 6 rings (SSSR count). The van der Waals surface area contributed by atoms with Gasteiger partial charge in [-0.25, -0.2) is 4.98 Å². The molecule has 0 radical (unpaired) electrons. The number of fused-ring (bicyclic) bond motifs is 5. The third kappa shape index (κ3) is 2.31. The summed E-state index contributed by atoms with van der Waals surface area (Å²) in [5, 5.41) is 0. The molecule has 3 aromatic heterocycles. The van der Waals surface area contributed by atoms with Crippen LogP contribution in [0.25, 0.3) is 27.8 Å². The van der Waals surface area contributed by atoms with Crippen molar-refractivity contribution >= 4 is 39.9 Å². The number of hydrogen-bond donors (Lipinski definition) is 3. The average Bonchev–Trinajstić information content (AvgIpc) is 3.19. The Balaban J connectivity index is 0.000000882. The van der Waals surface area contributed by atoms with E-state index in [1.807, 2.05) is 17.5 Å². The van der Waals surface area contributed by atoms with Crippen molar-refractivity contribution in [1.29, 1.82) is 0 Å². The van der Waals surface area contributed by atoms with Crippen molar-refractivity contribution in [2.24, 2.45) is 11.1 Å². The molecular weight excluding hydrogens is 372 g/mol. The van der Waals surface area contributed by atoms with Gasteiger partial charge in [0.2, 0.25) is 5.43 Å². The molecule has 1 spiro atoms. The van der Waals surface area contributed by atoms with Gasteiger partial charge in [-0.15, -0.1) is 0 Å². The van der Waals surface area contributed by atoms with E-state index in [9.17, 15) is 9.59 Å². The second-order valence-electron chi connectivity index (χ2n) is 7.75. The van der Waals surface area contributed by atoms with Gasteiger partial charge in [-0.2, -0.15) is 0 Å². The molecule has 0 amide bonds. The van der Waals surface area contributed by atoms with Crippen molar-refractivity contribution in [3.05, 3.63) is 39.7 Å². The summed E-state index contributed by atoms with van der Waals surface area (Å²) in [5.41, 5.74) is 9.12. The molecule has 29 heavy (non-hydrogen) atoms. The summed E-state index contributed by atoms with van der Waals surface area (Å²) in [6.07, 6.45) is 2.71. The summed E-state index contributed by atoms with van der Waals surface area (Å²) in [6, 6.07) is 3.31. The molecule has 2 saturated heterocycles. The number of aromatic nitrogens is 4. The van der Waals surface area contributed by atoms with E-state index >= 15 is 0 Å². The zero-order chi connectivity index (χ0) is 20.3. The van der Waals surface area contributed by atoms with Gasteiger partial charge in [0.25, 0.3) is 0 Å². The minimum atomic E-state index is -0.140. The molecule has 1 aromatic carbocycles. The van der Waals surface area contributed by atoms with Gasteiger partial charge in [0.1, 0.15) is 17.0 Å². The number of nitrogens with two attached hydrogens (primary N) is 1. The molecule has 150 valence electrons. The number of H-pyrrole nitrogens is 2. The van der Waals surface area contributed by atoms with Crippen LogP contribution in [0.2, 0.25) is 0 Å². The highest BCUT2D eigenvalue weighted by Gasteiger charge is 2.49. The smallest absolute Gasteiger partial charge is 0.206 e. The SMILES string of the molecule is CN.Cc1ccc(=O)c2nc3c(C=O)c4[nH]c(N5CC6(COC6)C5)c[nH]c4n3c12. The predicted octanol–water partition coefficient (Wildman–Crippen LogP) is 1.19. The van der Waals surface area contributed by atoms with Crippen LogP contribution in [-0.2, 0) is 4.74 Å². The van der Waals surface area contributed by atoms with Gasteiger partial charge in [-0.05, 0) is 25.6 Å². The van der Waals surface area contributed by atoms with Crippen molar-refractivity contribution in [3.63, 3.8) is 0 Å². The normalized spacial score (nSPS) is 17.3. The van der Waals surface area contributed by atoms with Gasteiger partial charge in [-0.3, -0.25) is 14.0 Å². The number of hydrogen-bond acceptors (Lipinski definition) is 6. The fourth-order valence-electron chi connectivity index (χ4n) is 4.42. The number of aryl methyl sites for hydroxylation is 1. The first-order valence-corrected chi connectivity index (χ1v) is 9.51. The quantitative estimate of drug-likeness (QED) is 0.439. The van der Waals surface area contributed by atoms with Crippen LogP contribution in [0.3, 0.4) is 0 Å². The molecule has 2 aliphatic rings. The minimum Gasteiger partial charge on any atom is -0.380 e. The monoisotopic (exact) mass is 394 g/mol. The zero-order valence-electron chi connectivity index (χ0n) is 16.3. The first kappa shape index (κ1) is 17.9. The Labute approximate surface area is 165 Å². The number of rotatable bonds is 2. The molecule has 0 aliphatic carbocycles. The van der Waals surface area contributed by atoms with E-state index < -0.39 is 0 Å². The van der Waals surface area contributed by atoms with Crippen molar-refractivity contribution in [2.75, 3.05) is 38.3 Å². The fourth-order valence-corrected chi connectivity index (χ4v) is 4.42. The number of benzene rings is 1. The third-order valence-corrected chi connectivity index (χ3v) is 5.87. The third-order valence-electron chi connectivity index (χ3n) is 5.87. The number of carbonyl (C=O) groups excluding carboxylic acids is 1. The average molecular weight is 394 g/mol. The number of imidazole rings is 1. The van der Waals surface area contributed by atoms with E-state index in [1.165, 1.54) is 13.1 Å². The summed E-state index contributed by atoms with van der Waals surface area (Å²) in [6.45, 7) is 5.47. The fraction of sp³-hybridized carbons (Fsp3) is 0.350. The second-order valence-corrected chi connectivity index (χ2v) is 7.75. The summed E-state index contributed by atoms with van der Waals surface area (Å²) >= 11 is 0. The standard InChI is InChI=1S/C19H17N5O3.CH5N/c1-10-2-3-12(26)15-16(10)24-17(22-15)11(5-25)14-18(24)20-4-13(21-14)23-6-19(7-23)8-27-9-19;1-2/h2-5,20-21H,6-9H2,1H3;2H2,1H3. The first-order valence-electron chi connectivity index (χ1n) is 9.51. The molecule has 9 nitrogen and oxygen atoms in total. The molecule has 0 atom stereocenters. The van der Waals surface area contributed by atoms with Crippen molar-refractivity contribution < 1.29 is 9.53 Å². The van der Waals surface area contributed by atoms with Crippen LogP contribution < -0.4 is 16.1 Å². The molecule has 5 heterocycles. The Morgan fingerprint density at radius 1 is 1.28 bits per heavy atom. The molecule has 4 N–H and O–H groups in total. The summed E-state index contributed by atoms with van der Waals surface area (Å²) in [7, 11) is 1.50. The van der Waals surface area contributed by atoms with E-state index in [4.69, 9.17) is 4.74 Å². The van der Waals surface area contributed by atoms with E-state index in [2.05, 4.69) is 25.6 Å². The Morgan fingerprint density at radius 2 is 2.03 bits per heavy atom. The number of ether oxygens (including phenoxy) is 1. The summed E-state index contributed by atoms with van der Waals surface area (Å²) in [4.78, 5) is 37.5. The van der Waals surface area contributed by atoms with E-state index in [-0.39, 0.29) is 5.43 Å². The maximum atomic E-state index is 12.2. The maximum Gasteiger partial charge on any atom is 0.206 e. The van der Waals surface area contributed by atoms with E-state index in [1.54, 1.807) is 6.07 Å². The van der Waals surface area contributed by atoms with Crippen LogP contribution in [0.5, 0.6) is 0 Å². The Hall–Kier alpha value is -3.17.